The first-order valence-electron chi connectivity index (χ1n) is 5.61. The van der Waals surface area contributed by atoms with E-state index < -0.39 is 11.6 Å². The highest BCUT2D eigenvalue weighted by molar-refractivity contribution is 5.95. The second kappa shape index (κ2) is 4.75. The summed E-state index contributed by atoms with van der Waals surface area (Å²) in [4.78, 5) is 12.0. The molecular weight excluding hydrogens is 216 g/mol. The number of benzene rings is 1. The first-order chi connectivity index (χ1) is 7.74. The number of amides is 1. The van der Waals surface area contributed by atoms with Gasteiger partial charge in [-0.3, -0.25) is 4.79 Å². The summed E-state index contributed by atoms with van der Waals surface area (Å²) in [5.74, 6) is -0.234. The van der Waals surface area contributed by atoms with Crippen LogP contribution in [0.25, 0.3) is 0 Å². The minimum atomic E-state index is -0.670. The van der Waals surface area contributed by atoms with E-state index in [0.29, 0.717) is 11.3 Å². The van der Waals surface area contributed by atoms with Gasteiger partial charge in [0.25, 0.3) is 5.91 Å². The number of anilines is 1. The van der Waals surface area contributed by atoms with Crippen LogP contribution in [0.3, 0.4) is 0 Å². The Morgan fingerprint density at radius 3 is 2.53 bits per heavy atom. The van der Waals surface area contributed by atoms with E-state index in [0.717, 1.165) is 5.56 Å². The van der Waals surface area contributed by atoms with Crippen molar-refractivity contribution in [2.45, 2.75) is 39.3 Å². The summed E-state index contributed by atoms with van der Waals surface area (Å²) in [6, 6.07) is 5.17. The number of hydrogen-bond acceptors (Lipinski definition) is 3. The number of nitrogen functional groups attached to an aromatic ring is 1. The smallest absolute Gasteiger partial charge is 0.251 e. The summed E-state index contributed by atoms with van der Waals surface area (Å²) in [7, 11) is 0. The second-order valence-electron chi connectivity index (χ2n) is 4.92. The minimum absolute atomic E-state index is 0.234. The lowest BCUT2D eigenvalue weighted by Crippen LogP contribution is -2.50. The van der Waals surface area contributed by atoms with Crippen molar-refractivity contribution in [2.75, 3.05) is 5.73 Å². The molecule has 0 fully saturated rings. The third-order valence-electron chi connectivity index (χ3n) is 3.02. The molecule has 94 valence electrons. The number of nitrogens with one attached hydrogen (secondary N) is 1. The summed E-state index contributed by atoms with van der Waals surface area (Å²) in [5, 5.41) is 12.3. The van der Waals surface area contributed by atoms with E-state index in [-0.39, 0.29) is 5.91 Å². The predicted octanol–water partition coefficient (Wildman–Crippen LogP) is 1.47. The summed E-state index contributed by atoms with van der Waals surface area (Å²) >= 11 is 0. The highest BCUT2D eigenvalue weighted by Gasteiger charge is 2.26. The Balaban J connectivity index is 2.87. The van der Waals surface area contributed by atoms with Gasteiger partial charge < -0.3 is 16.2 Å². The number of carbonyl (C=O) groups is 1. The SMILES string of the molecule is Cc1ccc(C(=O)NC(C)(C)C(C)O)cc1N. The van der Waals surface area contributed by atoms with Gasteiger partial charge in [-0.15, -0.1) is 0 Å². The van der Waals surface area contributed by atoms with E-state index in [1.807, 2.05) is 6.92 Å². The Labute approximate surface area is 102 Å². The van der Waals surface area contributed by atoms with E-state index in [1.54, 1.807) is 39.0 Å². The first-order valence-corrected chi connectivity index (χ1v) is 5.61. The molecule has 0 aliphatic carbocycles. The normalized spacial score (nSPS) is 13.2. The van der Waals surface area contributed by atoms with Crippen molar-refractivity contribution in [3.8, 4) is 0 Å². The molecule has 1 aromatic rings. The largest absolute Gasteiger partial charge is 0.398 e. The predicted molar refractivity (Wildman–Crippen MR) is 68.8 cm³/mol. The molecule has 0 aliphatic heterocycles. The van der Waals surface area contributed by atoms with Crippen molar-refractivity contribution in [3.63, 3.8) is 0 Å². The van der Waals surface area contributed by atoms with Crippen LogP contribution in [0.4, 0.5) is 5.69 Å². The van der Waals surface area contributed by atoms with Crippen LogP contribution in [-0.4, -0.2) is 22.7 Å². The zero-order chi connectivity index (χ0) is 13.2. The van der Waals surface area contributed by atoms with E-state index in [1.165, 1.54) is 0 Å². The fourth-order valence-electron chi connectivity index (χ4n) is 1.25. The molecule has 4 nitrogen and oxygen atoms in total. The number of aliphatic hydroxyl groups excluding tert-OH is 1. The van der Waals surface area contributed by atoms with Crippen LogP contribution >= 0.6 is 0 Å². The summed E-state index contributed by atoms with van der Waals surface area (Å²) in [6.07, 6.45) is -0.630. The van der Waals surface area contributed by atoms with Crippen LogP contribution in [0.15, 0.2) is 18.2 Å². The molecule has 4 N–H and O–H groups in total. The van der Waals surface area contributed by atoms with Crippen LogP contribution in [-0.2, 0) is 0 Å². The standard InChI is InChI=1S/C13H20N2O2/c1-8-5-6-10(7-11(8)14)12(17)15-13(3,4)9(2)16/h5-7,9,16H,14H2,1-4H3,(H,15,17). The average Bonchev–Trinajstić information content (AvgIpc) is 2.21. The molecule has 1 atom stereocenters. The van der Waals surface area contributed by atoms with Gasteiger partial charge in [0, 0.05) is 11.3 Å². The van der Waals surface area contributed by atoms with E-state index in [4.69, 9.17) is 5.73 Å². The van der Waals surface area contributed by atoms with Gasteiger partial charge in [-0.05, 0) is 45.4 Å². The molecule has 0 heterocycles. The Morgan fingerprint density at radius 1 is 1.47 bits per heavy atom. The molecule has 17 heavy (non-hydrogen) atoms. The van der Waals surface area contributed by atoms with Gasteiger partial charge in [0.05, 0.1) is 11.6 Å². The zero-order valence-corrected chi connectivity index (χ0v) is 10.7. The number of carbonyl (C=O) groups excluding carboxylic acids is 1. The summed E-state index contributed by atoms with van der Waals surface area (Å²) in [5.41, 5.74) is 7.12. The molecule has 0 saturated heterocycles. The fraction of sp³-hybridized carbons (Fsp3) is 0.462. The van der Waals surface area contributed by atoms with E-state index >= 15 is 0 Å². The monoisotopic (exact) mass is 236 g/mol. The van der Waals surface area contributed by atoms with Gasteiger partial charge in [0.15, 0.2) is 0 Å². The Morgan fingerprint density at radius 2 is 2.06 bits per heavy atom. The van der Waals surface area contributed by atoms with Gasteiger partial charge >= 0.3 is 0 Å². The number of hydrogen-bond donors (Lipinski definition) is 3. The molecule has 0 aliphatic rings. The van der Waals surface area contributed by atoms with Crippen LogP contribution in [0, 0.1) is 6.92 Å². The van der Waals surface area contributed by atoms with Crippen LogP contribution in [0.1, 0.15) is 36.7 Å². The molecule has 1 rings (SSSR count). The van der Waals surface area contributed by atoms with Crippen LogP contribution in [0.2, 0.25) is 0 Å². The third-order valence-corrected chi connectivity index (χ3v) is 3.02. The van der Waals surface area contributed by atoms with Crippen molar-refractivity contribution >= 4 is 11.6 Å². The molecule has 1 aromatic carbocycles. The fourth-order valence-corrected chi connectivity index (χ4v) is 1.25. The Kier molecular flexibility index (Phi) is 3.78. The third kappa shape index (κ3) is 3.20. The van der Waals surface area contributed by atoms with Gasteiger partial charge in [-0.25, -0.2) is 0 Å². The lowest BCUT2D eigenvalue weighted by atomic mass is 9.98. The van der Waals surface area contributed by atoms with Gasteiger partial charge in [-0.1, -0.05) is 6.07 Å². The molecule has 4 heteroatoms. The van der Waals surface area contributed by atoms with Crippen LogP contribution in [0.5, 0.6) is 0 Å². The lowest BCUT2D eigenvalue weighted by molar-refractivity contribution is 0.0709. The maximum absolute atomic E-state index is 12.0. The first kappa shape index (κ1) is 13.5. The number of aliphatic hydroxyl groups is 1. The van der Waals surface area contributed by atoms with E-state index in [2.05, 4.69) is 5.32 Å². The number of rotatable bonds is 3. The van der Waals surface area contributed by atoms with E-state index in [9.17, 15) is 9.90 Å². The Hall–Kier alpha value is -1.55. The summed E-state index contributed by atoms with van der Waals surface area (Å²) < 4.78 is 0. The molecule has 0 spiro atoms. The Bertz CT molecular complexity index is 425. The van der Waals surface area contributed by atoms with Crippen molar-refractivity contribution < 1.29 is 9.90 Å². The maximum Gasteiger partial charge on any atom is 0.251 e. The molecule has 1 amide bonds. The molecular formula is C13H20N2O2. The van der Waals surface area contributed by atoms with Gasteiger partial charge in [-0.2, -0.15) is 0 Å². The number of nitrogens with two attached hydrogens (primary N) is 1. The van der Waals surface area contributed by atoms with Crippen molar-refractivity contribution in [1.82, 2.24) is 5.32 Å². The minimum Gasteiger partial charge on any atom is -0.398 e. The highest BCUT2D eigenvalue weighted by Crippen LogP contribution is 2.15. The average molecular weight is 236 g/mol. The quantitative estimate of drug-likeness (QED) is 0.696. The van der Waals surface area contributed by atoms with Crippen LogP contribution < -0.4 is 11.1 Å². The van der Waals surface area contributed by atoms with Gasteiger partial charge in [0.2, 0.25) is 0 Å². The summed E-state index contributed by atoms with van der Waals surface area (Å²) in [6.45, 7) is 7.07. The zero-order valence-electron chi connectivity index (χ0n) is 10.7. The topological polar surface area (TPSA) is 75.3 Å². The van der Waals surface area contributed by atoms with Crippen molar-refractivity contribution in [2.24, 2.45) is 0 Å². The van der Waals surface area contributed by atoms with Gasteiger partial charge in [0.1, 0.15) is 0 Å². The molecule has 0 saturated carbocycles. The molecule has 0 aromatic heterocycles. The lowest BCUT2D eigenvalue weighted by Gasteiger charge is -2.29. The number of aryl methyl sites for hydroxylation is 1. The highest BCUT2D eigenvalue weighted by atomic mass is 16.3. The molecule has 1 unspecified atom stereocenters. The second-order valence-corrected chi connectivity index (χ2v) is 4.92. The molecule has 0 bridgehead atoms. The maximum atomic E-state index is 12.0. The van der Waals surface area contributed by atoms with Crippen molar-refractivity contribution in [3.05, 3.63) is 29.3 Å². The van der Waals surface area contributed by atoms with Crippen molar-refractivity contribution in [1.29, 1.82) is 0 Å². The molecule has 0 radical (unpaired) electrons.